The Morgan fingerprint density at radius 2 is 1.70 bits per heavy atom. The third kappa shape index (κ3) is 5.47. The summed E-state index contributed by atoms with van der Waals surface area (Å²) in [4.78, 5) is 22.8. The Morgan fingerprint density at radius 1 is 1.00 bits per heavy atom. The maximum atomic E-state index is 12.8. The number of hydrogen-bond donors (Lipinski definition) is 0. The minimum Gasteiger partial charge on any atom is -0.334 e. The molecule has 2 aromatic heterocycles. The van der Waals surface area contributed by atoms with Crippen molar-refractivity contribution in [2.75, 3.05) is 0 Å². The molecule has 2 aromatic rings. The van der Waals surface area contributed by atoms with E-state index in [0.29, 0.717) is 31.3 Å². The van der Waals surface area contributed by atoms with Crippen LogP contribution in [0.2, 0.25) is 0 Å². The summed E-state index contributed by atoms with van der Waals surface area (Å²) in [6, 6.07) is 7.82. The molecule has 1 atom stereocenters. The van der Waals surface area contributed by atoms with Crippen molar-refractivity contribution < 1.29 is 4.79 Å². The molecule has 0 aliphatic carbocycles. The second-order valence-corrected chi connectivity index (χ2v) is 6.39. The van der Waals surface area contributed by atoms with Gasteiger partial charge < -0.3 is 4.90 Å². The number of aromatic nitrogens is 2. The first-order valence-corrected chi connectivity index (χ1v) is 8.12. The van der Waals surface area contributed by atoms with Crippen LogP contribution in [0.3, 0.4) is 0 Å². The van der Waals surface area contributed by atoms with Gasteiger partial charge in [-0.25, -0.2) is 0 Å². The van der Waals surface area contributed by atoms with Crippen molar-refractivity contribution in [1.82, 2.24) is 14.9 Å². The van der Waals surface area contributed by atoms with Crippen LogP contribution in [0.1, 0.15) is 38.3 Å². The summed E-state index contributed by atoms with van der Waals surface area (Å²) in [5.41, 5.74) is 2.14. The average Bonchev–Trinajstić information content (AvgIpc) is 2.56. The number of amides is 1. The van der Waals surface area contributed by atoms with Crippen LogP contribution in [0.25, 0.3) is 0 Å². The molecule has 0 aromatic carbocycles. The van der Waals surface area contributed by atoms with Crippen molar-refractivity contribution in [3.05, 3.63) is 60.2 Å². The molecular formula is C19H25N3O. The predicted octanol–water partition coefficient (Wildman–Crippen LogP) is 3.69. The fraction of sp³-hybridized carbons (Fsp3) is 0.421. The van der Waals surface area contributed by atoms with Crippen LogP contribution >= 0.6 is 0 Å². The van der Waals surface area contributed by atoms with Crippen LogP contribution in [0.5, 0.6) is 0 Å². The standard InChI is InChI=1S/C19H25N3O/c1-15(2)16(3)11-19(23)22(13-17-6-9-20-10-7-17)14-18-5-4-8-21-12-18/h4-10,12,15-16H,11,13-14H2,1-3H3/t16-/m1/s1. The molecule has 0 bridgehead atoms. The second kappa shape index (κ2) is 8.42. The predicted molar refractivity (Wildman–Crippen MR) is 91.3 cm³/mol. The van der Waals surface area contributed by atoms with Gasteiger partial charge in [0.05, 0.1) is 0 Å². The van der Waals surface area contributed by atoms with Gasteiger partial charge in [-0.1, -0.05) is 26.8 Å². The molecule has 0 spiro atoms. The third-order valence-electron chi connectivity index (χ3n) is 4.21. The van der Waals surface area contributed by atoms with Gasteiger partial charge in [-0.15, -0.1) is 0 Å². The van der Waals surface area contributed by atoms with Crippen LogP contribution in [0, 0.1) is 11.8 Å². The van der Waals surface area contributed by atoms with Gasteiger partial charge in [0.15, 0.2) is 0 Å². The Balaban J connectivity index is 2.11. The first-order chi connectivity index (χ1) is 11.1. The van der Waals surface area contributed by atoms with Crippen molar-refractivity contribution in [3.8, 4) is 0 Å². The summed E-state index contributed by atoms with van der Waals surface area (Å²) >= 11 is 0. The van der Waals surface area contributed by atoms with Gasteiger partial charge in [0.2, 0.25) is 5.91 Å². The molecule has 0 unspecified atom stereocenters. The van der Waals surface area contributed by atoms with Gasteiger partial charge in [0, 0.05) is 44.3 Å². The number of nitrogens with zero attached hydrogens (tertiary/aromatic N) is 3. The average molecular weight is 311 g/mol. The first-order valence-electron chi connectivity index (χ1n) is 8.12. The summed E-state index contributed by atoms with van der Waals surface area (Å²) < 4.78 is 0. The lowest BCUT2D eigenvalue weighted by molar-refractivity contribution is -0.133. The van der Waals surface area contributed by atoms with Gasteiger partial charge in [0.1, 0.15) is 0 Å². The maximum absolute atomic E-state index is 12.8. The van der Waals surface area contributed by atoms with E-state index < -0.39 is 0 Å². The lowest BCUT2D eigenvalue weighted by Crippen LogP contribution is -2.32. The van der Waals surface area contributed by atoms with E-state index in [2.05, 4.69) is 30.7 Å². The SMILES string of the molecule is CC(C)[C@H](C)CC(=O)N(Cc1ccncc1)Cc1cccnc1. The van der Waals surface area contributed by atoms with Crippen LogP contribution in [0.15, 0.2) is 49.1 Å². The molecule has 0 aliphatic heterocycles. The Labute approximate surface area is 138 Å². The maximum Gasteiger partial charge on any atom is 0.223 e. The number of hydrogen-bond acceptors (Lipinski definition) is 3. The number of carbonyl (C=O) groups is 1. The van der Waals surface area contributed by atoms with Crippen molar-refractivity contribution in [2.24, 2.45) is 11.8 Å². The summed E-state index contributed by atoms with van der Waals surface area (Å²) in [7, 11) is 0. The van der Waals surface area contributed by atoms with Crippen LogP contribution in [0.4, 0.5) is 0 Å². The zero-order valence-corrected chi connectivity index (χ0v) is 14.1. The minimum atomic E-state index is 0.187. The topological polar surface area (TPSA) is 46.1 Å². The Kier molecular flexibility index (Phi) is 6.27. The number of rotatable bonds is 7. The van der Waals surface area contributed by atoms with Crippen molar-refractivity contribution >= 4 is 5.91 Å². The van der Waals surface area contributed by atoms with Crippen LogP contribution < -0.4 is 0 Å². The molecular weight excluding hydrogens is 286 g/mol. The van der Waals surface area contributed by atoms with E-state index in [-0.39, 0.29) is 5.91 Å². The molecule has 2 heterocycles. The van der Waals surface area contributed by atoms with Gasteiger partial charge in [-0.2, -0.15) is 0 Å². The quantitative estimate of drug-likeness (QED) is 0.783. The Bertz CT molecular complexity index is 557. The second-order valence-electron chi connectivity index (χ2n) is 6.39. The highest BCUT2D eigenvalue weighted by Gasteiger charge is 2.19. The van der Waals surface area contributed by atoms with Gasteiger partial charge in [-0.3, -0.25) is 14.8 Å². The summed E-state index contributed by atoms with van der Waals surface area (Å²) in [5.74, 6) is 1.06. The molecule has 4 nitrogen and oxygen atoms in total. The van der Waals surface area contributed by atoms with E-state index in [0.717, 1.165) is 11.1 Å². The monoisotopic (exact) mass is 311 g/mol. The van der Waals surface area contributed by atoms with E-state index in [4.69, 9.17) is 0 Å². The smallest absolute Gasteiger partial charge is 0.223 e. The molecule has 0 aliphatic rings. The highest BCUT2D eigenvalue weighted by atomic mass is 16.2. The molecule has 2 rings (SSSR count). The number of pyridine rings is 2. The minimum absolute atomic E-state index is 0.187. The lowest BCUT2D eigenvalue weighted by atomic mass is 9.94. The van der Waals surface area contributed by atoms with E-state index in [9.17, 15) is 4.79 Å². The largest absolute Gasteiger partial charge is 0.334 e. The summed E-state index contributed by atoms with van der Waals surface area (Å²) in [6.45, 7) is 7.64. The third-order valence-corrected chi connectivity index (χ3v) is 4.21. The zero-order valence-electron chi connectivity index (χ0n) is 14.1. The Morgan fingerprint density at radius 3 is 2.30 bits per heavy atom. The molecule has 0 saturated carbocycles. The van der Waals surface area contributed by atoms with Crippen LogP contribution in [-0.4, -0.2) is 20.8 Å². The molecule has 122 valence electrons. The zero-order chi connectivity index (χ0) is 16.7. The van der Waals surface area contributed by atoms with E-state index >= 15 is 0 Å². The lowest BCUT2D eigenvalue weighted by Gasteiger charge is -2.25. The molecule has 23 heavy (non-hydrogen) atoms. The fourth-order valence-corrected chi connectivity index (χ4v) is 2.29. The molecule has 0 N–H and O–H groups in total. The molecule has 0 fully saturated rings. The highest BCUT2D eigenvalue weighted by Crippen LogP contribution is 2.18. The first kappa shape index (κ1) is 17.1. The fourth-order valence-electron chi connectivity index (χ4n) is 2.29. The molecule has 1 amide bonds. The number of carbonyl (C=O) groups excluding carboxylic acids is 1. The molecule has 4 heteroatoms. The van der Waals surface area contributed by atoms with E-state index in [1.165, 1.54) is 0 Å². The van der Waals surface area contributed by atoms with Gasteiger partial charge >= 0.3 is 0 Å². The van der Waals surface area contributed by atoms with Crippen LogP contribution in [-0.2, 0) is 17.9 Å². The van der Waals surface area contributed by atoms with E-state index in [1.54, 1.807) is 18.6 Å². The molecule has 0 saturated heterocycles. The highest BCUT2D eigenvalue weighted by molar-refractivity contribution is 5.76. The Hall–Kier alpha value is -2.23. The van der Waals surface area contributed by atoms with Crippen molar-refractivity contribution in [3.63, 3.8) is 0 Å². The van der Waals surface area contributed by atoms with Crippen molar-refractivity contribution in [1.29, 1.82) is 0 Å². The summed E-state index contributed by atoms with van der Waals surface area (Å²) in [6.07, 6.45) is 7.67. The normalized spacial score (nSPS) is 12.2. The van der Waals surface area contributed by atoms with Gasteiger partial charge in [-0.05, 0) is 41.2 Å². The van der Waals surface area contributed by atoms with Crippen molar-refractivity contribution in [2.45, 2.75) is 40.3 Å². The van der Waals surface area contributed by atoms with E-state index in [1.807, 2.05) is 35.4 Å². The summed E-state index contributed by atoms with van der Waals surface area (Å²) in [5, 5.41) is 0. The molecule has 0 radical (unpaired) electrons. The van der Waals surface area contributed by atoms with Gasteiger partial charge in [0.25, 0.3) is 0 Å².